The monoisotopic (exact) mass is 386 g/mol. The number of hydrogen-bond acceptors (Lipinski definition) is 3. The fraction of sp³-hybridized carbons (Fsp3) is 0.588. The summed E-state index contributed by atoms with van der Waals surface area (Å²) in [6, 6.07) is 5.04. The molecule has 1 aromatic carbocycles. The maximum Gasteiger partial charge on any atom is 0.410 e. The molecule has 0 N–H and O–H groups in total. The van der Waals surface area contributed by atoms with Gasteiger partial charge in [0.05, 0.1) is 0 Å². The number of carbonyl (C=O) groups excluding carboxylic acids is 1. The van der Waals surface area contributed by atoms with E-state index in [4.69, 9.17) is 4.74 Å². The first kappa shape index (κ1) is 18.2. The molecule has 0 aromatic heterocycles. The van der Waals surface area contributed by atoms with Crippen LogP contribution in [0.1, 0.15) is 33.3 Å². The second-order valence-corrected chi connectivity index (χ2v) is 7.81. The fourth-order valence-electron chi connectivity index (χ4n) is 2.68. The van der Waals surface area contributed by atoms with E-state index in [1.54, 1.807) is 11.0 Å². The molecule has 128 valence electrons. The van der Waals surface area contributed by atoms with Crippen LogP contribution in [0.25, 0.3) is 0 Å². The van der Waals surface area contributed by atoms with Crippen molar-refractivity contribution in [3.05, 3.63) is 34.1 Å². The van der Waals surface area contributed by atoms with E-state index in [1.165, 1.54) is 6.07 Å². The van der Waals surface area contributed by atoms with Gasteiger partial charge in [-0.2, -0.15) is 0 Å². The highest BCUT2D eigenvalue weighted by Crippen LogP contribution is 2.23. The van der Waals surface area contributed by atoms with Gasteiger partial charge >= 0.3 is 6.09 Å². The summed E-state index contributed by atoms with van der Waals surface area (Å²) >= 11 is 3.41. The summed E-state index contributed by atoms with van der Waals surface area (Å²) < 4.78 is 20.2. The molecule has 0 aliphatic carbocycles. The van der Waals surface area contributed by atoms with Gasteiger partial charge in [-0.05, 0) is 39.8 Å². The minimum absolute atomic E-state index is 0.0316. The van der Waals surface area contributed by atoms with Crippen LogP contribution < -0.4 is 0 Å². The molecule has 0 radical (unpaired) electrons. The zero-order valence-electron chi connectivity index (χ0n) is 14.1. The molecule has 2 rings (SSSR count). The van der Waals surface area contributed by atoms with E-state index >= 15 is 0 Å². The molecule has 0 saturated carbocycles. The van der Waals surface area contributed by atoms with E-state index in [-0.39, 0.29) is 18.0 Å². The summed E-state index contributed by atoms with van der Waals surface area (Å²) in [5, 5.41) is 0. The van der Waals surface area contributed by atoms with Crippen molar-refractivity contribution in [2.75, 3.05) is 19.6 Å². The SMILES string of the molecule is C[C@H]1CN(Cc2c(F)cccc2Br)CCN1C(=O)OC(C)(C)C. The largest absolute Gasteiger partial charge is 0.444 e. The van der Waals surface area contributed by atoms with Gasteiger partial charge in [-0.15, -0.1) is 0 Å². The van der Waals surface area contributed by atoms with Crippen molar-refractivity contribution in [3.8, 4) is 0 Å². The molecule has 4 nitrogen and oxygen atoms in total. The average molecular weight is 387 g/mol. The molecular weight excluding hydrogens is 363 g/mol. The number of piperazine rings is 1. The normalized spacial score (nSPS) is 19.7. The van der Waals surface area contributed by atoms with Gasteiger partial charge in [-0.1, -0.05) is 22.0 Å². The Bertz CT molecular complexity index is 554. The number of benzene rings is 1. The quantitative estimate of drug-likeness (QED) is 0.768. The van der Waals surface area contributed by atoms with Crippen molar-refractivity contribution >= 4 is 22.0 Å². The summed E-state index contributed by atoms with van der Waals surface area (Å²) in [5.41, 5.74) is 0.164. The maximum atomic E-state index is 14.0. The Hall–Kier alpha value is -1.14. The van der Waals surface area contributed by atoms with E-state index in [2.05, 4.69) is 20.8 Å². The van der Waals surface area contributed by atoms with Gasteiger partial charge in [-0.3, -0.25) is 4.90 Å². The van der Waals surface area contributed by atoms with Crippen LogP contribution >= 0.6 is 15.9 Å². The number of hydrogen-bond donors (Lipinski definition) is 0. The van der Waals surface area contributed by atoms with Gasteiger partial charge in [0.2, 0.25) is 0 Å². The highest BCUT2D eigenvalue weighted by molar-refractivity contribution is 9.10. The van der Waals surface area contributed by atoms with Crippen LogP contribution in [-0.2, 0) is 11.3 Å². The van der Waals surface area contributed by atoms with Crippen molar-refractivity contribution in [1.29, 1.82) is 0 Å². The molecule has 0 unspecified atom stereocenters. The van der Waals surface area contributed by atoms with Crippen LogP contribution in [0.15, 0.2) is 22.7 Å². The molecule has 1 fully saturated rings. The molecule has 1 atom stereocenters. The topological polar surface area (TPSA) is 32.8 Å². The van der Waals surface area contributed by atoms with Crippen molar-refractivity contribution in [1.82, 2.24) is 9.80 Å². The van der Waals surface area contributed by atoms with Crippen LogP contribution in [0.5, 0.6) is 0 Å². The summed E-state index contributed by atoms with van der Waals surface area (Å²) in [4.78, 5) is 16.1. The zero-order valence-corrected chi connectivity index (χ0v) is 15.7. The van der Waals surface area contributed by atoms with Crippen molar-refractivity contribution in [3.63, 3.8) is 0 Å². The molecular formula is C17H24BrFN2O2. The van der Waals surface area contributed by atoms with Crippen LogP contribution in [0, 0.1) is 5.82 Å². The molecule has 1 aliphatic rings. The molecule has 0 spiro atoms. The number of rotatable bonds is 2. The summed E-state index contributed by atoms with van der Waals surface area (Å²) in [6.07, 6.45) is -0.281. The lowest BCUT2D eigenvalue weighted by atomic mass is 10.1. The van der Waals surface area contributed by atoms with E-state index in [0.717, 1.165) is 4.47 Å². The summed E-state index contributed by atoms with van der Waals surface area (Å²) in [5.74, 6) is -0.207. The van der Waals surface area contributed by atoms with Gasteiger partial charge in [0, 0.05) is 42.3 Å². The number of nitrogens with zero attached hydrogens (tertiary/aromatic N) is 2. The molecule has 1 aromatic rings. The predicted molar refractivity (Wildman–Crippen MR) is 91.8 cm³/mol. The predicted octanol–water partition coefficient (Wildman–Crippen LogP) is 4.03. The van der Waals surface area contributed by atoms with Gasteiger partial charge in [-0.25, -0.2) is 9.18 Å². The van der Waals surface area contributed by atoms with Crippen molar-refractivity contribution in [2.24, 2.45) is 0 Å². The number of carbonyl (C=O) groups is 1. The molecule has 1 aliphatic heterocycles. The summed E-state index contributed by atoms with van der Waals surface area (Å²) in [6.45, 7) is 10.1. The summed E-state index contributed by atoms with van der Waals surface area (Å²) in [7, 11) is 0. The number of halogens is 2. The standard InChI is InChI=1S/C17H24BrFN2O2/c1-12-10-20(11-13-14(18)6-5-7-15(13)19)8-9-21(12)16(22)23-17(2,3)4/h5-7,12H,8-11H2,1-4H3/t12-/m0/s1. The van der Waals surface area contributed by atoms with E-state index in [0.29, 0.717) is 31.7 Å². The molecule has 6 heteroatoms. The third-order valence-electron chi connectivity index (χ3n) is 3.78. The van der Waals surface area contributed by atoms with E-state index < -0.39 is 5.60 Å². The Balaban J connectivity index is 1.97. The van der Waals surface area contributed by atoms with Crippen LogP contribution in [-0.4, -0.2) is 47.2 Å². The lowest BCUT2D eigenvalue weighted by molar-refractivity contribution is 0.000416. The Labute approximate surface area is 145 Å². The highest BCUT2D eigenvalue weighted by atomic mass is 79.9. The molecule has 1 amide bonds. The van der Waals surface area contributed by atoms with Gasteiger partial charge in [0.15, 0.2) is 0 Å². The third-order valence-corrected chi connectivity index (χ3v) is 4.53. The number of ether oxygens (including phenoxy) is 1. The lowest BCUT2D eigenvalue weighted by Crippen LogP contribution is -2.54. The zero-order chi connectivity index (χ0) is 17.2. The first-order chi connectivity index (χ1) is 10.7. The second kappa shape index (κ2) is 7.18. The van der Waals surface area contributed by atoms with E-state index in [9.17, 15) is 9.18 Å². The highest BCUT2D eigenvalue weighted by Gasteiger charge is 2.31. The third kappa shape index (κ3) is 4.91. The van der Waals surface area contributed by atoms with Crippen LogP contribution in [0.4, 0.5) is 9.18 Å². The van der Waals surface area contributed by atoms with Crippen LogP contribution in [0.3, 0.4) is 0 Å². The smallest absolute Gasteiger partial charge is 0.410 e. The first-order valence-electron chi connectivity index (χ1n) is 7.82. The van der Waals surface area contributed by atoms with Crippen molar-refractivity contribution in [2.45, 2.75) is 45.9 Å². The average Bonchev–Trinajstić information content (AvgIpc) is 2.41. The molecule has 0 bridgehead atoms. The van der Waals surface area contributed by atoms with Gasteiger partial charge in [0.25, 0.3) is 0 Å². The minimum atomic E-state index is -0.494. The Morgan fingerprint density at radius 2 is 2.09 bits per heavy atom. The van der Waals surface area contributed by atoms with Gasteiger partial charge in [0.1, 0.15) is 11.4 Å². The fourth-order valence-corrected chi connectivity index (χ4v) is 3.14. The molecule has 1 heterocycles. The lowest BCUT2D eigenvalue weighted by Gasteiger charge is -2.40. The maximum absolute atomic E-state index is 14.0. The Kier molecular flexibility index (Phi) is 5.68. The van der Waals surface area contributed by atoms with Crippen LogP contribution in [0.2, 0.25) is 0 Å². The molecule has 1 saturated heterocycles. The Morgan fingerprint density at radius 3 is 2.65 bits per heavy atom. The Morgan fingerprint density at radius 1 is 1.39 bits per heavy atom. The first-order valence-corrected chi connectivity index (χ1v) is 8.61. The van der Waals surface area contributed by atoms with E-state index in [1.807, 2.05) is 33.8 Å². The second-order valence-electron chi connectivity index (χ2n) is 6.96. The number of amides is 1. The molecule has 23 heavy (non-hydrogen) atoms. The van der Waals surface area contributed by atoms with Gasteiger partial charge < -0.3 is 9.64 Å². The minimum Gasteiger partial charge on any atom is -0.444 e. The van der Waals surface area contributed by atoms with Crippen molar-refractivity contribution < 1.29 is 13.9 Å².